The zero-order valence-electron chi connectivity index (χ0n) is 23.8. The lowest BCUT2D eigenvalue weighted by Gasteiger charge is -2.20. The van der Waals surface area contributed by atoms with Gasteiger partial charge in [0, 0.05) is 11.9 Å². The molecular formula is C30H54BrO6P. The Labute approximate surface area is 241 Å². The molecule has 8 heteroatoms. The maximum absolute atomic E-state index is 12.0. The average Bonchev–Trinajstić information content (AvgIpc) is 2.93. The van der Waals surface area contributed by atoms with Crippen LogP contribution in [0.2, 0.25) is 0 Å². The summed E-state index contributed by atoms with van der Waals surface area (Å²) in [5, 5.41) is 0.456. The molecule has 0 bridgehead atoms. The van der Waals surface area contributed by atoms with Crippen molar-refractivity contribution in [2.75, 3.05) is 31.8 Å². The van der Waals surface area contributed by atoms with Crippen molar-refractivity contribution in [3.8, 4) is 0 Å². The summed E-state index contributed by atoms with van der Waals surface area (Å²) in [6, 6.07) is 9.81. The van der Waals surface area contributed by atoms with E-state index in [4.69, 9.17) is 18.5 Å². The molecule has 1 N–H and O–H groups in total. The molecule has 38 heavy (non-hydrogen) atoms. The normalized spacial score (nSPS) is 14.0. The van der Waals surface area contributed by atoms with E-state index in [0.29, 0.717) is 25.2 Å². The Bertz CT molecular complexity index is 678. The third-order valence-corrected chi connectivity index (χ3v) is 7.84. The molecule has 0 aliphatic heterocycles. The van der Waals surface area contributed by atoms with Crippen LogP contribution in [-0.4, -0.2) is 42.8 Å². The Kier molecular flexibility index (Phi) is 24.2. The summed E-state index contributed by atoms with van der Waals surface area (Å²) in [7, 11) is -4.10. The van der Waals surface area contributed by atoms with E-state index in [0.717, 1.165) is 18.4 Å². The lowest BCUT2D eigenvalue weighted by atomic mass is 10.0. The predicted octanol–water partition coefficient (Wildman–Crippen LogP) is 9.38. The highest BCUT2D eigenvalue weighted by molar-refractivity contribution is 9.09. The molecule has 1 aromatic rings. The first-order valence-electron chi connectivity index (χ1n) is 15.0. The molecule has 0 saturated carbocycles. The fourth-order valence-corrected chi connectivity index (χ4v) is 5.43. The Morgan fingerprint density at radius 2 is 1.26 bits per heavy atom. The Morgan fingerprint density at radius 3 is 1.79 bits per heavy atom. The molecule has 1 rings (SSSR count). The zero-order chi connectivity index (χ0) is 27.6. The van der Waals surface area contributed by atoms with Gasteiger partial charge in [-0.3, -0.25) is 9.05 Å². The van der Waals surface area contributed by atoms with Gasteiger partial charge in [-0.15, -0.1) is 0 Å². The molecule has 6 nitrogen and oxygen atoms in total. The van der Waals surface area contributed by atoms with Gasteiger partial charge in [-0.05, 0) is 12.0 Å². The van der Waals surface area contributed by atoms with Crippen molar-refractivity contribution in [3.63, 3.8) is 0 Å². The minimum atomic E-state index is -4.10. The minimum absolute atomic E-state index is 0.0676. The molecule has 0 aromatic heterocycles. The molecule has 0 spiro atoms. The number of unbranched alkanes of at least 4 members (excludes halogenated alkanes) is 15. The summed E-state index contributed by atoms with van der Waals surface area (Å²) < 4.78 is 33.7. The highest BCUT2D eigenvalue weighted by Gasteiger charge is 2.23. The topological polar surface area (TPSA) is 74.2 Å². The van der Waals surface area contributed by atoms with Gasteiger partial charge in [-0.2, -0.15) is 0 Å². The van der Waals surface area contributed by atoms with Crippen LogP contribution in [0, 0.1) is 0 Å². The van der Waals surface area contributed by atoms with Gasteiger partial charge in [-0.25, -0.2) is 4.57 Å². The van der Waals surface area contributed by atoms with E-state index in [9.17, 15) is 9.46 Å². The van der Waals surface area contributed by atoms with Gasteiger partial charge >= 0.3 is 7.82 Å². The fraction of sp³-hybridized carbons (Fsp3) is 0.800. The maximum atomic E-state index is 12.0. The number of rotatable bonds is 28. The van der Waals surface area contributed by atoms with Crippen LogP contribution in [0.1, 0.15) is 115 Å². The van der Waals surface area contributed by atoms with Crippen molar-refractivity contribution in [2.45, 2.75) is 122 Å². The van der Waals surface area contributed by atoms with Crippen LogP contribution in [0.4, 0.5) is 0 Å². The van der Waals surface area contributed by atoms with Crippen LogP contribution in [0.15, 0.2) is 30.3 Å². The van der Waals surface area contributed by atoms with Crippen molar-refractivity contribution in [1.29, 1.82) is 0 Å². The second-order valence-electron chi connectivity index (χ2n) is 10.1. The Morgan fingerprint density at radius 1 is 0.737 bits per heavy atom. The summed E-state index contributed by atoms with van der Waals surface area (Å²) in [5.74, 6) is 0. The largest absolute Gasteiger partial charge is 0.472 e. The first kappa shape index (κ1) is 35.8. The van der Waals surface area contributed by atoms with Crippen LogP contribution < -0.4 is 0 Å². The molecule has 0 amide bonds. The first-order valence-corrected chi connectivity index (χ1v) is 17.6. The van der Waals surface area contributed by atoms with Gasteiger partial charge in [-0.1, -0.05) is 149 Å². The smallest absolute Gasteiger partial charge is 0.379 e. The molecule has 0 heterocycles. The zero-order valence-corrected chi connectivity index (χ0v) is 26.3. The third-order valence-electron chi connectivity index (χ3n) is 6.53. The monoisotopic (exact) mass is 620 g/mol. The van der Waals surface area contributed by atoms with E-state index in [1.807, 2.05) is 30.3 Å². The van der Waals surface area contributed by atoms with E-state index in [1.165, 1.54) is 89.9 Å². The van der Waals surface area contributed by atoms with Crippen molar-refractivity contribution in [3.05, 3.63) is 35.9 Å². The van der Waals surface area contributed by atoms with Gasteiger partial charge in [0.05, 0.1) is 26.4 Å². The van der Waals surface area contributed by atoms with Crippen LogP contribution in [0.3, 0.4) is 0 Å². The molecule has 1 aromatic carbocycles. The van der Waals surface area contributed by atoms with E-state index in [2.05, 4.69) is 22.9 Å². The van der Waals surface area contributed by atoms with Crippen LogP contribution >= 0.6 is 23.8 Å². The van der Waals surface area contributed by atoms with Crippen LogP contribution in [-0.2, 0) is 29.7 Å². The van der Waals surface area contributed by atoms with Gasteiger partial charge < -0.3 is 14.4 Å². The van der Waals surface area contributed by atoms with Crippen LogP contribution in [0.5, 0.6) is 0 Å². The molecule has 0 saturated heterocycles. The van der Waals surface area contributed by atoms with Gasteiger partial charge in [0.15, 0.2) is 0 Å². The quantitative estimate of drug-likeness (QED) is 0.0571. The number of phosphoric acid groups is 1. The highest BCUT2D eigenvalue weighted by Crippen LogP contribution is 2.43. The van der Waals surface area contributed by atoms with Crippen molar-refractivity contribution < 1.29 is 28.0 Å². The number of hydrogen-bond acceptors (Lipinski definition) is 5. The molecule has 222 valence electrons. The average molecular weight is 622 g/mol. The molecular weight excluding hydrogens is 567 g/mol. The lowest BCUT2D eigenvalue weighted by molar-refractivity contribution is -0.0504. The summed E-state index contributed by atoms with van der Waals surface area (Å²) in [6.45, 7) is 3.65. The first-order chi connectivity index (χ1) is 18.6. The summed E-state index contributed by atoms with van der Waals surface area (Å²) in [5.41, 5.74) is 1.03. The molecule has 0 aliphatic carbocycles. The molecule has 0 aliphatic rings. The number of hydrogen-bond donors (Lipinski definition) is 1. The number of ether oxygens (including phenoxy) is 2. The standard InChI is InChI=1S/C30H54BrO6P/c1-2-3-4-5-6-7-8-9-10-11-12-13-14-15-16-20-24-34-27-30(28-37-38(32,33)36-25-23-31)35-26-29-21-18-17-19-22-29/h17-19,21-22,30H,2-16,20,23-28H2,1H3,(H,32,33). The van der Waals surface area contributed by atoms with E-state index in [1.54, 1.807) is 0 Å². The predicted molar refractivity (Wildman–Crippen MR) is 161 cm³/mol. The number of halogens is 1. The molecule has 0 fully saturated rings. The highest BCUT2D eigenvalue weighted by atomic mass is 79.9. The number of alkyl halides is 1. The number of phosphoric ester groups is 1. The number of benzene rings is 1. The van der Waals surface area contributed by atoms with E-state index in [-0.39, 0.29) is 13.2 Å². The lowest BCUT2D eigenvalue weighted by Crippen LogP contribution is -2.25. The van der Waals surface area contributed by atoms with Crippen molar-refractivity contribution >= 4 is 23.8 Å². The second-order valence-corrected chi connectivity index (χ2v) is 12.3. The van der Waals surface area contributed by atoms with Crippen LogP contribution in [0.25, 0.3) is 0 Å². The summed E-state index contributed by atoms with van der Waals surface area (Å²) >= 11 is 3.17. The molecule has 2 unspecified atom stereocenters. The van der Waals surface area contributed by atoms with Crippen molar-refractivity contribution in [1.82, 2.24) is 0 Å². The van der Waals surface area contributed by atoms with Gasteiger partial charge in [0.2, 0.25) is 0 Å². The van der Waals surface area contributed by atoms with Crippen molar-refractivity contribution in [2.24, 2.45) is 0 Å². The van der Waals surface area contributed by atoms with E-state index < -0.39 is 13.9 Å². The van der Waals surface area contributed by atoms with Gasteiger partial charge in [0.25, 0.3) is 0 Å². The third kappa shape index (κ3) is 22.5. The molecule has 2 atom stereocenters. The SMILES string of the molecule is CCCCCCCCCCCCCCCCCCOCC(COP(=O)(O)OCCBr)OCc1ccccc1. The van der Waals surface area contributed by atoms with Gasteiger partial charge in [0.1, 0.15) is 6.10 Å². The minimum Gasteiger partial charge on any atom is -0.379 e. The fourth-order valence-electron chi connectivity index (χ4n) is 4.26. The summed E-state index contributed by atoms with van der Waals surface area (Å²) in [4.78, 5) is 9.80. The Balaban J connectivity index is 2.06. The Hall–Kier alpha value is -0.270. The van der Waals surface area contributed by atoms with E-state index >= 15 is 0 Å². The maximum Gasteiger partial charge on any atom is 0.472 e. The summed E-state index contributed by atoms with van der Waals surface area (Å²) in [6.07, 6.45) is 21.0. The second kappa shape index (κ2) is 25.7. The molecule has 0 radical (unpaired) electrons.